The van der Waals surface area contributed by atoms with Gasteiger partial charge < -0.3 is 4.90 Å². The average Bonchev–Trinajstić information content (AvgIpc) is 2.86. The van der Waals surface area contributed by atoms with Crippen molar-refractivity contribution < 1.29 is 0 Å². The highest BCUT2D eigenvalue weighted by Gasteiger charge is 2.30. The van der Waals surface area contributed by atoms with Crippen LogP contribution in [0.3, 0.4) is 0 Å². The lowest BCUT2D eigenvalue weighted by molar-refractivity contribution is 0.295. The van der Waals surface area contributed by atoms with Crippen molar-refractivity contribution in [2.75, 3.05) is 13.6 Å². The van der Waals surface area contributed by atoms with Crippen LogP contribution in [0.25, 0.3) is 0 Å². The Labute approximate surface area is 127 Å². The Balaban J connectivity index is 2.10. The van der Waals surface area contributed by atoms with E-state index in [0.29, 0.717) is 5.92 Å². The smallest absolute Gasteiger partial charge is 0.0907 e. The van der Waals surface area contributed by atoms with Crippen molar-refractivity contribution in [2.45, 2.75) is 32.1 Å². The molecule has 3 rings (SSSR count). The molecule has 1 aliphatic rings. The van der Waals surface area contributed by atoms with Crippen molar-refractivity contribution in [2.24, 2.45) is 0 Å². The number of thiophene rings is 1. The predicted molar refractivity (Wildman–Crippen MR) is 91.9 cm³/mol. The van der Waals surface area contributed by atoms with E-state index in [1.165, 1.54) is 5.56 Å². The molecule has 1 aromatic heterocycles. The topological polar surface area (TPSA) is 3.24 Å². The predicted octanol–water partition coefficient (Wildman–Crippen LogP) is 3.87. The molecule has 0 saturated carbocycles. The maximum atomic E-state index is 2.46. The van der Waals surface area contributed by atoms with Crippen molar-refractivity contribution in [3.63, 3.8) is 0 Å². The maximum Gasteiger partial charge on any atom is 0.0907 e. The van der Waals surface area contributed by atoms with Crippen LogP contribution >= 0.6 is 11.3 Å². The van der Waals surface area contributed by atoms with Gasteiger partial charge in [0.15, 0.2) is 0 Å². The Morgan fingerprint density at radius 3 is 2.60 bits per heavy atom. The summed E-state index contributed by atoms with van der Waals surface area (Å²) in [4.78, 5) is 2.46. The summed E-state index contributed by atoms with van der Waals surface area (Å²) in [6.07, 6.45) is 0. The van der Waals surface area contributed by atoms with E-state index in [-0.39, 0.29) is 0 Å². The first-order valence-corrected chi connectivity index (χ1v) is 11.7. The molecule has 3 heteroatoms. The Bertz CT molecular complexity index is 611. The first-order chi connectivity index (χ1) is 9.47. The van der Waals surface area contributed by atoms with Crippen molar-refractivity contribution in [3.05, 3.63) is 52.4 Å². The van der Waals surface area contributed by atoms with Crippen LogP contribution in [0.1, 0.15) is 22.6 Å². The van der Waals surface area contributed by atoms with Crippen LogP contribution in [0.4, 0.5) is 0 Å². The zero-order valence-electron chi connectivity index (χ0n) is 12.8. The average molecular weight is 302 g/mol. The van der Waals surface area contributed by atoms with Crippen molar-refractivity contribution >= 4 is 23.9 Å². The fourth-order valence-electron chi connectivity index (χ4n) is 3.25. The molecular formula is C17H23NSSi. The van der Waals surface area contributed by atoms with Gasteiger partial charge in [0.05, 0.1) is 8.07 Å². The minimum Gasteiger partial charge on any atom is -0.301 e. The van der Waals surface area contributed by atoms with Gasteiger partial charge in [0.25, 0.3) is 0 Å². The van der Waals surface area contributed by atoms with E-state index in [1.807, 2.05) is 11.3 Å². The second-order valence-corrected chi connectivity index (χ2v) is 13.2. The minimum atomic E-state index is -1.25. The number of fused-ring (bicyclic) bond motifs is 1. The van der Waals surface area contributed by atoms with Crippen LogP contribution in [0.5, 0.6) is 0 Å². The monoisotopic (exact) mass is 301 g/mol. The van der Waals surface area contributed by atoms with Crippen LogP contribution < -0.4 is 4.50 Å². The molecule has 0 amide bonds. The van der Waals surface area contributed by atoms with Crippen LogP contribution in [-0.4, -0.2) is 26.6 Å². The molecule has 0 spiro atoms. The highest BCUT2D eigenvalue weighted by molar-refractivity contribution is 7.25. The van der Waals surface area contributed by atoms with E-state index in [9.17, 15) is 0 Å². The second kappa shape index (κ2) is 5.13. The van der Waals surface area contributed by atoms with Gasteiger partial charge >= 0.3 is 0 Å². The molecule has 1 atom stereocenters. The van der Waals surface area contributed by atoms with Gasteiger partial charge in [-0.3, -0.25) is 0 Å². The summed E-state index contributed by atoms with van der Waals surface area (Å²) in [6.45, 7) is 9.60. The summed E-state index contributed by atoms with van der Waals surface area (Å²) in [6, 6.07) is 11.4. The molecule has 1 unspecified atom stereocenters. The Morgan fingerprint density at radius 1 is 1.10 bits per heavy atom. The molecule has 20 heavy (non-hydrogen) atoms. The van der Waals surface area contributed by atoms with Gasteiger partial charge in [0, 0.05) is 19.0 Å². The van der Waals surface area contributed by atoms with Gasteiger partial charge in [-0.1, -0.05) is 43.9 Å². The van der Waals surface area contributed by atoms with E-state index in [1.54, 1.807) is 15.6 Å². The van der Waals surface area contributed by atoms with Crippen molar-refractivity contribution in [1.82, 2.24) is 4.90 Å². The molecular weight excluding hydrogens is 278 g/mol. The molecule has 0 fully saturated rings. The van der Waals surface area contributed by atoms with Crippen LogP contribution in [0.2, 0.25) is 19.6 Å². The van der Waals surface area contributed by atoms with E-state index in [0.717, 1.165) is 13.1 Å². The number of likely N-dealkylation sites (N-methyl/N-ethyl adjacent to an activating group) is 1. The van der Waals surface area contributed by atoms with Gasteiger partial charge in [-0.05, 0) is 39.7 Å². The zero-order valence-corrected chi connectivity index (χ0v) is 14.6. The highest BCUT2D eigenvalue weighted by atomic mass is 32.1. The third-order valence-corrected chi connectivity index (χ3v) is 8.70. The molecule has 2 aromatic rings. The normalized spacial score (nSPS) is 19.9. The largest absolute Gasteiger partial charge is 0.301 e. The van der Waals surface area contributed by atoms with E-state index < -0.39 is 8.07 Å². The maximum absolute atomic E-state index is 2.46. The molecule has 0 N–H and O–H groups in total. The van der Waals surface area contributed by atoms with E-state index in [4.69, 9.17) is 0 Å². The molecule has 1 aliphatic heterocycles. The standard InChI is InChI=1S/C17H23NSSi/c1-18-11-13-7-5-6-8-14(13)16(12-18)15-9-10-19-17(15)20(2,3)4/h5-10,16H,11-12H2,1-4H3. The van der Waals surface area contributed by atoms with Gasteiger partial charge in [0.1, 0.15) is 0 Å². The first-order valence-electron chi connectivity index (χ1n) is 7.31. The number of rotatable bonds is 2. The molecule has 0 radical (unpaired) electrons. The Morgan fingerprint density at radius 2 is 1.85 bits per heavy atom. The van der Waals surface area contributed by atoms with Gasteiger partial charge in [-0.15, -0.1) is 0 Å². The molecule has 2 heterocycles. The quantitative estimate of drug-likeness (QED) is 0.761. The fourth-order valence-corrected chi connectivity index (χ4v) is 6.69. The Hall–Kier alpha value is -0.903. The lowest BCUT2D eigenvalue weighted by atomic mass is 9.86. The zero-order chi connectivity index (χ0) is 14.3. The molecule has 1 aromatic carbocycles. The number of hydrogen-bond donors (Lipinski definition) is 0. The van der Waals surface area contributed by atoms with Gasteiger partial charge in [0.2, 0.25) is 0 Å². The SMILES string of the molecule is CN1Cc2ccccc2C(c2ccsc2[Si](C)(C)C)C1. The second-order valence-electron chi connectivity index (χ2n) is 6.90. The summed E-state index contributed by atoms with van der Waals surface area (Å²) in [5.41, 5.74) is 4.63. The molecule has 106 valence electrons. The third-order valence-electron chi connectivity index (χ3n) is 4.12. The number of hydrogen-bond acceptors (Lipinski definition) is 2. The van der Waals surface area contributed by atoms with Crippen LogP contribution in [0.15, 0.2) is 35.7 Å². The molecule has 0 aliphatic carbocycles. The van der Waals surface area contributed by atoms with Gasteiger partial charge in [-0.25, -0.2) is 0 Å². The first kappa shape index (κ1) is 14.1. The summed E-state index contributed by atoms with van der Waals surface area (Å²) in [7, 11) is 0.987. The van der Waals surface area contributed by atoms with Crippen LogP contribution in [0, 0.1) is 0 Å². The molecule has 0 saturated heterocycles. The Kier molecular flexibility index (Phi) is 3.61. The molecule has 1 nitrogen and oxygen atoms in total. The fraction of sp³-hybridized carbons (Fsp3) is 0.412. The van der Waals surface area contributed by atoms with E-state index in [2.05, 4.69) is 67.3 Å². The number of benzene rings is 1. The lowest BCUT2D eigenvalue weighted by Gasteiger charge is -2.33. The number of nitrogens with zero attached hydrogens (tertiary/aromatic N) is 1. The highest BCUT2D eigenvalue weighted by Crippen LogP contribution is 2.34. The summed E-state index contributed by atoms with van der Waals surface area (Å²) in [5, 5.41) is 2.29. The molecule has 0 bridgehead atoms. The van der Waals surface area contributed by atoms with Crippen molar-refractivity contribution in [3.8, 4) is 0 Å². The van der Waals surface area contributed by atoms with Crippen LogP contribution in [-0.2, 0) is 6.54 Å². The summed E-state index contributed by atoms with van der Waals surface area (Å²) in [5.74, 6) is 0.554. The van der Waals surface area contributed by atoms with Gasteiger partial charge in [-0.2, -0.15) is 11.3 Å². The van der Waals surface area contributed by atoms with Crippen molar-refractivity contribution in [1.29, 1.82) is 0 Å². The minimum absolute atomic E-state index is 0.554. The summed E-state index contributed by atoms with van der Waals surface area (Å²) >= 11 is 1.97. The summed E-state index contributed by atoms with van der Waals surface area (Å²) < 4.78 is 1.67. The van der Waals surface area contributed by atoms with E-state index >= 15 is 0 Å². The lowest BCUT2D eigenvalue weighted by Crippen LogP contribution is -2.40. The third kappa shape index (κ3) is 2.50.